The van der Waals surface area contributed by atoms with Crippen LogP contribution in [0.2, 0.25) is 0 Å². The first-order chi connectivity index (χ1) is 5.15. The van der Waals surface area contributed by atoms with Crippen LogP contribution in [-0.2, 0) is 0 Å². The van der Waals surface area contributed by atoms with Gasteiger partial charge in [-0.25, -0.2) is 0 Å². The minimum Gasteiger partial charge on any atom is -0.361 e. The highest BCUT2D eigenvalue weighted by Gasteiger charge is 2.28. The summed E-state index contributed by atoms with van der Waals surface area (Å²) in [5.41, 5.74) is 4.34. The molecule has 0 atom stereocenters. The molecule has 0 aliphatic rings. The number of rotatable bonds is 0. The minimum absolute atomic E-state index is 0.607. The van der Waals surface area contributed by atoms with E-state index in [4.69, 9.17) is 4.79 Å². The normalized spacial score (nSPS) is 9.42. The highest BCUT2D eigenvalue weighted by atomic mass is 32.1. The van der Waals surface area contributed by atoms with Crippen molar-refractivity contribution in [2.75, 3.05) is 0 Å². The number of carbonyl (C=O) groups excluding carboxylic acids is 2. The molecule has 3 N–H and O–H groups in total. The van der Waals surface area contributed by atoms with E-state index in [1.54, 1.807) is 0 Å². The summed E-state index contributed by atoms with van der Waals surface area (Å²) in [5.74, 6) is 0. The van der Waals surface area contributed by atoms with Crippen molar-refractivity contribution in [1.82, 2.24) is 5.32 Å². The van der Waals surface area contributed by atoms with E-state index < -0.39 is 16.8 Å². The number of hydrogen-bond donors (Lipinski definition) is 4. The van der Waals surface area contributed by atoms with Gasteiger partial charge in [-0.05, 0) is 0 Å². The highest BCUT2D eigenvalue weighted by Crippen LogP contribution is 2.09. The average molecular weight is 222 g/mol. The predicted molar refractivity (Wildman–Crippen MR) is 42.1 cm³/mol. The Morgan fingerprint density at radius 1 is 1.25 bits per heavy atom. The fraction of sp³-hybridized carbons (Fsp3) is 0.333. The second kappa shape index (κ2) is 6.00. The van der Waals surface area contributed by atoms with E-state index >= 15 is 0 Å². The third-order valence-corrected chi connectivity index (χ3v) is 0.360. The molecule has 0 aromatic rings. The van der Waals surface area contributed by atoms with E-state index in [1.807, 2.05) is 0 Å². The lowest BCUT2D eigenvalue weighted by atomic mass is 11.1. The Morgan fingerprint density at radius 3 is 1.50 bits per heavy atom. The quantitative estimate of drug-likeness (QED) is 0.366. The van der Waals surface area contributed by atoms with Crippen LogP contribution in [0.15, 0.2) is 0 Å². The van der Waals surface area contributed by atoms with Crippen LogP contribution in [0.1, 0.15) is 0 Å². The van der Waals surface area contributed by atoms with Crippen LogP contribution in [-0.4, -0.2) is 16.8 Å². The smallest absolute Gasteiger partial charge is 0.361 e. The number of amides is 2. The summed E-state index contributed by atoms with van der Waals surface area (Å²) >= 11 is 5.93. The molecule has 0 heterocycles. The number of hydrogen-bond acceptors (Lipinski definition) is 2. The molecule has 72 valence electrons. The maximum atomic E-state index is 10.9. The molecule has 0 aromatic carbocycles. The molecule has 0 aromatic heterocycles. The number of nitrogens with one attached hydrogen (secondary N) is 1. The second-order valence-corrected chi connectivity index (χ2v) is 2.11. The third kappa shape index (κ3) is 34.1. The van der Waals surface area contributed by atoms with Crippen LogP contribution in [0.3, 0.4) is 0 Å². The minimum atomic E-state index is -4.65. The van der Waals surface area contributed by atoms with Crippen LogP contribution in [0.4, 0.5) is 22.8 Å². The lowest BCUT2D eigenvalue weighted by molar-refractivity contribution is -0.143. The van der Waals surface area contributed by atoms with Gasteiger partial charge in [0.1, 0.15) is 0 Å². The first kappa shape index (κ1) is 14.0. The Kier molecular flexibility index (Phi) is 6.99. The highest BCUT2D eigenvalue weighted by molar-refractivity contribution is 7.96. The first-order valence-electron chi connectivity index (χ1n) is 2.21. The van der Waals surface area contributed by atoms with Crippen LogP contribution in [0.5, 0.6) is 0 Å². The van der Waals surface area contributed by atoms with Crippen molar-refractivity contribution >= 4 is 35.7 Å². The van der Waals surface area contributed by atoms with E-state index in [1.165, 1.54) is 0 Å². The van der Waals surface area contributed by atoms with Gasteiger partial charge in [0.15, 0.2) is 0 Å². The van der Waals surface area contributed by atoms with E-state index in [-0.39, 0.29) is 0 Å². The fourth-order valence-electron chi connectivity index (χ4n) is 0.121. The summed E-state index contributed by atoms with van der Waals surface area (Å²) < 4.78 is 32.8. The maximum Gasteiger partial charge on any atom is 0.485 e. The molecule has 0 spiro atoms. The average Bonchev–Trinajstić information content (AvgIpc) is 1.52. The Balaban J connectivity index is 0. The Labute approximate surface area is 76.5 Å². The van der Waals surface area contributed by atoms with Gasteiger partial charge in [0.25, 0.3) is 10.5 Å². The van der Waals surface area contributed by atoms with Gasteiger partial charge >= 0.3 is 6.30 Å². The molecule has 0 radical (unpaired) electrons. The van der Waals surface area contributed by atoms with Gasteiger partial charge in [-0.1, -0.05) is 25.3 Å². The molecular weight excluding hydrogens is 217 g/mol. The third-order valence-electron chi connectivity index (χ3n) is 0.249. The Bertz CT molecular complexity index is 167. The molecule has 0 saturated carbocycles. The van der Waals surface area contributed by atoms with E-state index in [0.717, 1.165) is 0 Å². The second-order valence-electron chi connectivity index (χ2n) is 1.27. The standard InChI is InChI=1S/C2H2F3NOS.CH3NOS/c3-2(4,5)6-1(7)8;2-1(3)4/h(H2,6,7,8);(H3,2,3,4). The largest absolute Gasteiger partial charge is 0.485 e. The van der Waals surface area contributed by atoms with Gasteiger partial charge in [0.2, 0.25) is 0 Å². The van der Waals surface area contributed by atoms with E-state index in [2.05, 4.69) is 31.0 Å². The molecule has 9 heteroatoms. The summed E-state index contributed by atoms with van der Waals surface area (Å²) in [6, 6.07) is 0. The molecule has 0 aliphatic heterocycles. The van der Waals surface area contributed by atoms with Crippen LogP contribution in [0, 0.1) is 0 Å². The molecule has 4 nitrogen and oxygen atoms in total. The first-order valence-corrected chi connectivity index (χ1v) is 3.11. The van der Waals surface area contributed by atoms with Crippen molar-refractivity contribution in [2.45, 2.75) is 6.30 Å². The summed E-state index contributed by atoms with van der Waals surface area (Å²) in [6.45, 7) is 0. The molecule has 0 saturated heterocycles. The summed E-state index contributed by atoms with van der Waals surface area (Å²) in [5, 5.41) is -1.44. The number of halogens is 3. The van der Waals surface area contributed by atoms with Crippen molar-refractivity contribution in [1.29, 1.82) is 0 Å². The lowest BCUT2D eigenvalue weighted by Crippen LogP contribution is -2.33. The number of alkyl halides is 3. The van der Waals surface area contributed by atoms with Crippen LogP contribution in [0.25, 0.3) is 0 Å². The van der Waals surface area contributed by atoms with Gasteiger partial charge in [-0.3, -0.25) is 14.9 Å². The van der Waals surface area contributed by atoms with Gasteiger partial charge in [0.05, 0.1) is 0 Å². The summed E-state index contributed by atoms with van der Waals surface area (Å²) in [6.07, 6.45) is -4.65. The van der Waals surface area contributed by atoms with Gasteiger partial charge in [-0.15, -0.1) is 0 Å². The fourth-order valence-corrected chi connectivity index (χ4v) is 0.248. The molecule has 0 unspecified atom stereocenters. The summed E-state index contributed by atoms with van der Waals surface area (Å²) in [7, 11) is 0. The number of thiol groups is 2. The topological polar surface area (TPSA) is 72.2 Å². The molecule has 0 aliphatic carbocycles. The van der Waals surface area contributed by atoms with Gasteiger partial charge in [0, 0.05) is 0 Å². The van der Waals surface area contributed by atoms with Crippen LogP contribution < -0.4 is 11.1 Å². The Hall–Kier alpha value is -0.570. The monoisotopic (exact) mass is 222 g/mol. The maximum absolute atomic E-state index is 10.9. The number of primary amides is 1. The van der Waals surface area contributed by atoms with Crippen LogP contribution >= 0.6 is 25.3 Å². The van der Waals surface area contributed by atoms with Crippen molar-refractivity contribution < 1.29 is 22.8 Å². The molecule has 12 heavy (non-hydrogen) atoms. The zero-order chi connectivity index (χ0) is 10.4. The molecule has 2 amide bonds. The number of carbonyl (C=O) groups is 2. The van der Waals surface area contributed by atoms with E-state index in [0.29, 0.717) is 5.32 Å². The van der Waals surface area contributed by atoms with E-state index in [9.17, 15) is 18.0 Å². The summed E-state index contributed by atoms with van der Waals surface area (Å²) in [4.78, 5) is 18.6. The zero-order valence-electron chi connectivity index (χ0n) is 5.42. The zero-order valence-corrected chi connectivity index (χ0v) is 7.21. The predicted octanol–water partition coefficient (Wildman–Crippen LogP) is 1.14. The molecule has 0 bridgehead atoms. The molecular formula is C3H5F3N2O2S2. The van der Waals surface area contributed by atoms with Crippen molar-refractivity contribution in [3.63, 3.8) is 0 Å². The number of nitrogens with two attached hydrogens (primary N) is 1. The Morgan fingerprint density at radius 2 is 1.50 bits per heavy atom. The van der Waals surface area contributed by atoms with Crippen molar-refractivity contribution in [3.8, 4) is 0 Å². The molecule has 0 rings (SSSR count). The van der Waals surface area contributed by atoms with Crippen molar-refractivity contribution in [3.05, 3.63) is 0 Å². The lowest BCUT2D eigenvalue weighted by Gasteiger charge is -2.02. The van der Waals surface area contributed by atoms with Gasteiger partial charge in [-0.2, -0.15) is 13.2 Å². The van der Waals surface area contributed by atoms with Crippen molar-refractivity contribution in [2.24, 2.45) is 5.73 Å². The van der Waals surface area contributed by atoms with Gasteiger partial charge < -0.3 is 5.73 Å². The SMILES string of the molecule is NC(=O)S.O=C(S)NC(F)(F)F. The molecule has 0 fully saturated rings.